The lowest BCUT2D eigenvalue weighted by Gasteiger charge is -2.26. The third-order valence-electron chi connectivity index (χ3n) is 4.79. The number of fused-ring (bicyclic) bond motifs is 1. The number of nitrogen functional groups attached to an aromatic ring is 1. The lowest BCUT2D eigenvalue weighted by Crippen LogP contribution is -2.37. The van der Waals surface area contributed by atoms with Gasteiger partial charge in [0, 0.05) is 25.3 Å². The summed E-state index contributed by atoms with van der Waals surface area (Å²) < 4.78 is 43.7. The van der Waals surface area contributed by atoms with Gasteiger partial charge in [0.25, 0.3) is 0 Å². The highest BCUT2D eigenvalue weighted by Gasteiger charge is 2.30. The molecule has 1 aliphatic heterocycles. The molecule has 12 heteroatoms. The normalized spacial score (nSPS) is 15.3. The molecule has 8 nitrogen and oxygen atoms in total. The van der Waals surface area contributed by atoms with Crippen LogP contribution in [0, 0.1) is 0 Å². The third-order valence-corrected chi connectivity index (χ3v) is 5.57. The molecule has 0 atom stereocenters. The lowest BCUT2D eigenvalue weighted by molar-refractivity contribution is -0.137. The Labute approximate surface area is 180 Å². The van der Waals surface area contributed by atoms with Gasteiger partial charge in [-0.2, -0.15) is 23.1 Å². The van der Waals surface area contributed by atoms with E-state index in [2.05, 4.69) is 30.5 Å². The molecule has 0 unspecified atom stereocenters. The summed E-state index contributed by atoms with van der Waals surface area (Å²) in [6, 6.07) is 4.73. The SMILES string of the molecule is Nc1nc2c(Nc3ccc(C(F)(F)F)cc3)nc(NCCCN3CCOCC3)nc2s1. The molecule has 3 aromatic rings. The molecule has 2 aromatic heterocycles. The molecule has 1 fully saturated rings. The second-order valence-corrected chi connectivity index (χ2v) is 8.05. The van der Waals surface area contributed by atoms with Crippen molar-refractivity contribution in [3.63, 3.8) is 0 Å². The lowest BCUT2D eigenvalue weighted by atomic mass is 10.2. The fourth-order valence-electron chi connectivity index (χ4n) is 3.21. The van der Waals surface area contributed by atoms with Crippen LogP contribution in [0.2, 0.25) is 0 Å². The Morgan fingerprint density at radius 1 is 1.10 bits per heavy atom. The van der Waals surface area contributed by atoms with E-state index in [0.29, 0.717) is 39.5 Å². The molecular weight excluding hydrogens is 431 g/mol. The van der Waals surface area contributed by atoms with Gasteiger partial charge in [-0.1, -0.05) is 11.3 Å². The quantitative estimate of drug-likeness (QED) is 0.467. The van der Waals surface area contributed by atoms with E-state index < -0.39 is 11.7 Å². The van der Waals surface area contributed by atoms with E-state index in [-0.39, 0.29) is 0 Å². The Morgan fingerprint density at radius 3 is 2.55 bits per heavy atom. The molecule has 1 aliphatic rings. The van der Waals surface area contributed by atoms with E-state index in [1.807, 2.05) is 0 Å². The van der Waals surface area contributed by atoms with Crippen LogP contribution in [-0.4, -0.2) is 59.2 Å². The average molecular weight is 453 g/mol. The number of nitrogens with one attached hydrogen (secondary N) is 2. The predicted octanol–water partition coefficient (Wildman–Crippen LogP) is 3.57. The number of morpholine rings is 1. The second kappa shape index (κ2) is 9.20. The van der Waals surface area contributed by atoms with E-state index in [4.69, 9.17) is 10.5 Å². The number of anilines is 4. The van der Waals surface area contributed by atoms with Gasteiger partial charge in [-0.15, -0.1) is 0 Å². The van der Waals surface area contributed by atoms with E-state index in [9.17, 15) is 13.2 Å². The topological polar surface area (TPSA) is 101 Å². The molecule has 0 spiro atoms. The number of nitrogens with zero attached hydrogens (tertiary/aromatic N) is 4. The van der Waals surface area contributed by atoms with Gasteiger partial charge in [0.05, 0.1) is 18.8 Å². The number of aromatic nitrogens is 3. The number of hydrogen-bond acceptors (Lipinski definition) is 9. The number of halogens is 3. The molecule has 0 aliphatic carbocycles. The fraction of sp³-hybridized carbons (Fsp3) is 0.421. The van der Waals surface area contributed by atoms with E-state index in [1.165, 1.54) is 23.5 Å². The van der Waals surface area contributed by atoms with Crippen molar-refractivity contribution >= 4 is 44.3 Å². The number of ether oxygens (including phenoxy) is 1. The highest BCUT2D eigenvalue weighted by atomic mass is 32.1. The van der Waals surface area contributed by atoms with E-state index >= 15 is 0 Å². The minimum atomic E-state index is -4.39. The van der Waals surface area contributed by atoms with Crippen LogP contribution in [0.3, 0.4) is 0 Å². The summed E-state index contributed by atoms with van der Waals surface area (Å²) in [6.07, 6.45) is -3.48. The van der Waals surface area contributed by atoms with Crippen LogP contribution in [0.15, 0.2) is 24.3 Å². The molecule has 166 valence electrons. The third kappa shape index (κ3) is 5.51. The first-order chi connectivity index (χ1) is 14.9. The second-order valence-electron chi connectivity index (χ2n) is 7.04. The zero-order chi connectivity index (χ0) is 21.8. The van der Waals surface area contributed by atoms with Crippen molar-refractivity contribution in [3.8, 4) is 0 Å². The average Bonchev–Trinajstić information content (AvgIpc) is 3.12. The van der Waals surface area contributed by atoms with Crippen LogP contribution in [0.4, 0.5) is 35.8 Å². The highest BCUT2D eigenvalue weighted by Crippen LogP contribution is 2.32. The summed E-state index contributed by atoms with van der Waals surface area (Å²) in [4.78, 5) is 16.1. The number of nitrogens with two attached hydrogens (primary N) is 1. The number of benzene rings is 1. The Morgan fingerprint density at radius 2 is 1.84 bits per heavy atom. The first-order valence-electron chi connectivity index (χ1n) is 9.81. The van der Waals surface area contributed by atoms with Crippen molar-refractivity contribution in [3.05, 3.63) is 29.8 Å². The number of thiazole rings is 1. The minimum Gasteiger partial charge on any atom is -0.379 e. The smallest absolute Gasteiger partial charge is 0.379 e. The van der Waals surface area contributed by atoms with Gasteiger partial charge in [-0.3, -0.25) is 4.90 Å². The van der Waals surface area contributed by atoms with E-state index in [0.717, 1.165) is 51.4 Å². The van der Waals surface area contributed by atoms with Crippen LogP contribution in [0.25, 0.3) is 10.3 Å². The van der Waals surface area contributed by atoms with Gasteiger partial charge in [-0.05, 0) is 37.2 Å². The summed E-state index contributed by atoms with van der Waals surface area (Å²) in [7, 11) is 0. The Bertz CT molecular complexity index is 1020. The molecule has 1 saturated heterocycles. The van der Waals surface area contributed by atoms with Crippen molar-refractivity contribution in [1.29, 1.82) is 0 Å². The largest absolute Gasteiger partial charge is 0.416 e. The first-order valence-corrected chi connectivity index (χ1v) is 10.6. The predicted molar refractivity (Wildman–Crippen MR) is 115 cm³/mol. The Hall–Kier alpha value is -2.70. The van der Waals surface area contributed by atoms with Crippen molar-refractivity contribution in [1.82, 2.24) is 19.9 Å². The van der Waals surface area contributed by atoms with Crippen molar-refractivity contribution in [2.24, 2.45) is 0 Å². The zero-order valence-corrected chi connectivity index (χ0v) is 17.4. The fourth-order valence-corrected chi connectivity index (χ4v) is 3.92. The maximum Gasteiger partial charge on any atom is 0.416 e. The summed E-state index contributed by atoms with van der Waals surface area (Å²) >= 11 is 1.22. The monoisotopic (exact) mass is 453 g/mol. The molecule has 4 rings (SSSR count). The van der Waals surface area contributed by atoms with Crippen molar-refractivity contribution in [2.75, 3.05) is 55.8 Å². The summed E-state index contributed by atoms with van der Waals surface area (Å²) in [5.41, 5.74) is 6.04. The van der Waals surface area contributed by atoms with Crippen LogP contribution >= 0.6 is 11.3 Å². The maximum atomic E-state index is 12.8. The van der Waals surface area contributed by atoms with Crippen molar-refractivity contribution < 1.29 is 17.9 Å². The minimum absolute atomic E-state index is 0.337. The standard InChI is InChI=1S/C19H22F3N7OS/c20-19(21,22)12-2-4-13(5-3-12)25-15-14-16(31-17(23)26-14)28-18(27-15)24-6-1-7-29-8-10-30-11-9-29/h2-5H,1,6-11H2,(H2,23,26)(H2,24,25,27,28). The highest BCUT2D eigenvalue weighted by molar-refractivity contribution is 7.21. The molecule has 0 radical (unpaired) electrons. The number of alkyl halides is 3. The van der Waals surface area contributed by atoms with Gasteiger partial charge < -0.3 is 21.1 Å². The number of rotatable bonds is 7. The Kier molecular flexibility index (Phi) is 6.39. The summed E-state index contributed by atoms with van der Waals surface area (Å²) in [5, 5.41) is 6.58. The van der Waals surface area contributed by atoms with Crippen LogP contribution in [0.5, 0.6) is 0 Å². The molecular formula is C19H22F3N7OS. The van der Waals surface area contributed by atoms with Gasteiger partial charge >= 0.3 is 6.18 Å². The first kappa shape index (κ1) is 21.5. The van der Waals surface area contributed by atoms with Gasteiger partial charge in [0.1, 0.15) is 5.52 Å². The molecule has 0 saturated carbocycles. The van der Waals surface area contributed by atoms with Crippen LogP contribution in [0.1, 0.15) is 12.0 Å². The van der Waals surface area contributed by atoms with Gasteiger partial charge in [0.15, 0.2) is 15.8 Å². The Balaban J connectivity index is 1.45. The molecule has 31 heavy (non-hydrogen) atoms. The van der Waals surface area contributed by atoms with E-state index in [1.54, 1.807) is 0 Å². The summed E-state index contributed by atoms with van der Waals surface area (Å²) in [5.74, 6) is 0.793. The molecule has 3 heterocycles. The van der Waals surface area contributed by atoms with Crippen molar-refractivity contribution in [2.45, 2.75) is 12.6 Å². The number of hydrogen-bond donors (Lipinski definition) is 3. The zero-order valence-electron chi connectivity index (χ0n) is 16.6. The molecule has 1 aromatic carbocycles. The molecule has 0 bridgehead atoms. The van der Waals surface area contributed by atoms with Crippen LogP contribution < -0.4 is 16.4 Å². The maximum absolute atomic E-state index is 12.8. The molecule has 4 N–H and O–H groups in total. The van der Waals surface area contributed by atoms with Gasteiger partial charge in [0.2, 0.25) is 5.95 Å². The summed E-state index contributed by atoms with van der Waals surface area (Å²) in [6.45, 7) is 5.02. The van der Waals surface area contributed by atoms with Crippen LogP contribution in [-0.2, 0) is 10.9 Å². The molecule has 0 amide bonds. The van der Waals surface area contributed by atoms with Gasteiger partial charge in [-0.25, -0.2) is 4.98 Å².